The summed E-state index contributed by atoms with van der Waals surface area (Å²) >= 11 is 0. The van der Waals surface area contributed by atoms with E-state index in [9.17, 15) is 21.6 Å². The monoisotopic (exact) mass is 268 g/mol. The van der Waals surface area contributed by atoms with Crippen molar-refractivity contribution in [3.05, 3.63) is 29.6 Å². The average Bonchev–Trinajstić information content (AvgIpc) is 2.21. The van der Waals surface area contributed by atoms with E-state index in [0.717, 1.165) is 0 Å². The second-order valence-electron chi connectivity index (χ2n) is 3.31. The van der Waals surface area contributed by atoms with Crippen LogP contribution in [0.3, 0.4) is 0 Å². The first kappa shape index (κ1) is 13.8. The zero-order valence-corrected chi connectivity index (χ0v) is 9.53. The van der Waals surface area contributed by atoms with Gasteiger partial charge in [-0.2, -0.15) is 0 Å². The van der Waals surface area contributed by atoms with E-state index in [1.165, 1.54) is 0 Å². The van der Waals surface area contributed by atoms with Crippen molar-refractivity contribution in [2.24, 2.45) is 5.73 Å². The highest BCUT2D eigenvalue weighted by molar-refractivity contribution is 7.92. The minimum Gasteiger partial charge on any atom is -0.330 e. The van der Waals surface area contributed by atoms with Crippen LogP contribution in [0.5, 0.6) is 0 Å². The molecule has 0 aliphatic carbocycles. The summed E-state index contributed by atoms with van der Waals surface area (Å²) < 4.78 is 63.3. The molecule has 0 fully saturated rings. The van der Waals surface area contributed by atoms with Gasteiger partial charge in [0.1, 0.15) is 11.5 Å². The predicted octanol–water partition coefficient (Wildman–Crippen LogP) is 1.19. The van der Waals surface area contributed by atoms with Gasteiger partial charge in [0.05, 0.1) is 5.75 Å². The Bertz CT molecular complexity index is 482. The molecular weight excluding hydrogens is 257 g/mol. The summed E-state index contributed by atoms with van der Waals surface area (Å²) in [5, 5.41) is 0. The average molecular weight is 268 g/mol. The zero-order valence-electron chi connectivity index (χ0n) is 8.71. The summed E-state index contributed by atoms with van der Waals surface area (Å²) in [6.07, 6.45) is 0.153. The second-order valence-corrected chi connectivity index (χ2v) is 5.15. The smallest absolute Gasteiger partial charge is 0.232 e. The highest BCUT2D eigenvalue weighted by Gasteiger charge is 2.17. The van der Waals surface area contributed by atoms with Crippen LogP contribution in [-0.2, 0) is 10.0 Å². The van der Waals surface area contributed by atoms with Crippen LogP contribution in [0.2, 0.25) is 0 Å². The van der Waals surface area contributed by atoms with E-state index >= 15 is 0 Å². The Morgan fingerprint density at radius 2 is 1.71 bits per heavy atom. The molecule has 3 N–H and O–H groups in total. The Kier molecular flexibility index (Phi) is 4.35. The first-order valence-electron chi connectivity index (χ1n) is 4.71. The standard InChI is InChI=1S/C9H11F3N2O2S/c10-6-4-7(11)9(8(12)5-6)14-17(15,16)3-1-2-13/h4-5,14H,1-3,13H2. The van der Waals surface area contributed by atoms with Gasteiger partial charge >= 0.3 is 0 Å². The van der Waals surface area contributed by atoms with E-state index in [4.69, 9.17) is 5.73 Å². The van der Waals surface area contributed by atoms with Crippen LogP contribution in [-0.4, -0.2) is 20.7 Å². The molecule has 0 spiro atoms. The Balaban J connectivity index is 2.96. The summed E-state index contributed by atoms with van der Waals surface area (Å²) in [7, 11) is -3.89. The van der Waals surface area contributed by atoms with Crippen LogP contribution in [0, 0.1) is 17.5 Å². The zero-order chi connectivity index (χ0) is 13.1. The van der Waals surface area contributed by atoms with Gasteiger partial charge in [-0.15, -0.1) is 0 Å². The van der Waals surface area contributed by atoms with Gasteiger partial charge in [0.25, 0.3) is 0 Å². The minimum atomic E-state index is -3.89. The third kappa shape index (κ3) is 3.90. The van der Waals surface area contributed by atoms with Gasteiger partial charge in [-0.3, -0.25) is 4.72 Å². The summed E-state index contributed by atoms with van der Waals surface area (Å²) in [4.78, 5) is 0. The maximum absolute atomic E-state index is 13.1. The van der Waals surface area contributed by atoms with Gasteiger partial charge < -0.3 is 5.73 Å². The fourth-order valence-corrected chi connectivity index (χ4v) is 2.27. The number of halogens is 3. The highest BCUT2D eigenvalue weighted by atomic mass is 32.2. The van der Waals surface area contributed by atoms with Crippen molar-refractivity contribution in [3.63, 3.8) is 0 Å². The summed E-state index contributed by atoms with van der Waals surface area (Å²) in [5.74, 6) is -4.10. The number of hydrogen-bond donors (Lipinski definition) is 2. The molecule has 0 heterocycles. The predicted molar refractivity (Wildman–Crippen MR) is 57.4 cm³/mol. The molecule has 1 aromatic carbocycles. The number of sulfonamides is 1. The molecule has 0 bridgehead atoms. The van der Waals surface area contributed by atoms with Crippen LogP contribution in [0.15, 0.2) is 12.1 Å². The molecule has 0 aliphatic heterocycles. The quantitative estimate of drug-likeness (QED) is 0.842. The summed E-state index contributed by atoms with van der Waals surface area (Å²) in [6, 6.07) is 0.785. The number of anilines is 1. The Hall–Kier alpha value is -1.28. The Labute approximate surface area is 96.7 Å². The summed E-state index contributed by atoms with van der Waals surface area (Å²) in [6.45, 7) is 0.134. The largest absolute Gasteiger partial charge is 0.330 e. The van der Waals surface area contributed by atoms with E-state index < -0.39 is 33.2 Å². The maximum Gasteiger partial charge on any atom is 0.232 e. The van der Waals surface area contributed by atoms with Gasteiger partial charge in [0, 0.05) is 12.1 Å². The molecule has 0 atom stereocenters. The number of hydrogen-bond acceptors (Lipinski definition) is 3. The molecule has 4 nitrogen and oxygen atoms in total. The second kappa shape index (κ2) is 5.37. The molecule has 0 unspecified atom stereocenters. The van der Waals surface area contributed by atoms with Crippen LogP contribution < -0.4 is 10.5 Å². The van der Waals surface area contributed by atoms with Crippen LogP contribution in [0.1, 0.15) is 6.42 Å². The number of benzene rings is 1. The van der Waals surface area contributed by atoms with Crippen LogP contribution in [0.4, 0.5) is 18.9 Å². The van der Waals surface area contributed by atoms with Gasteiger partial charge in [-0.25, -0.2) is 21.6 Å². The van der Waals surface area contributed by atoms with Gasteiger partial charge in [0.2, 0.25) is 10.0 Å². The highest BCUT2D eigenvalue weighted by Crippen LogP contribution is 2.21. The lowest BCUT2D eigenvalue weighted by atomic mass is 10.3. The molecule has 8 heteroatoms. The Morgan fingerprint density at radius 3 is 2.18 bits per heavy atom. The van der Waals surface area contributed by atoms with Gasteiger partial charge in [-0.1, -0.05) is 0 Å². The fourth-order valence-electron chi connectivity index (χ4n) is 1.12. The van der Waals surface area contributed by atoms with Crippen LogP contribution >= 0.6 is 0 Å². The molecule has 96 valence electrons. The van der Waals surface area contributed by atoms with Crippen molar-refractivity contribution in [3.8, 4) is 0 Å². The molecule has 0 saturated carbocycles. The van der Waals surface area contributed by atoms with E-state index in [1.807, 2.05) is 0 Å². The normalized spacial score (nSPS) is 11.5. The van der Waals surface area contributed by atoms with Crippen molar-refractivity contribution in [2.45, 2.75) is 6.42 Å². The molecule has 0 amide bonds. The third-order valence-corrected chi connectivity index (χ3v) is 3.22. The topological polar surface area (TPSA) is 72.2 Å². The Morgan fingerprint density at radius 1 is 1.18 bits per heavy atom. The number of rotatable bonds is 5. The third-order valence-electron chi connectivity index (χ3n) is 1.88. The van der Waals surface area contributed by atoms with Gasteiger partial charge in [0.15, 0.2) is 11.6 Å². The molecule has 1 rings (SSSR count). The maximum atomic E-state index is 13.1. The van der Waals surface area contributed by atoms with Crippen molar-refractivity contribution < 1.29 is 21.6 Å². The van der Waals surface area contributed by atoms with E-state index in [2.05, 4.69) is 0 Å². The fraction of sp³-hybridized carbons (Fsp3) is 0.333. The van der Waals surface area contributed by atoms with Crippen molar-refractivity contribution in [1.29, 1.82) is 0 Å². The first-order valence-corrected chi connectivity index (χ1v) is 6.36. The molecule has 0 radical (unpaired) electrons. The van der Waals surface area contributed by atoms with E-state index in [1.54, 1.807) is 4.72 Å². The lowest BCUT2D eigenvalue weighted by Crippen LogP contribution is -2.20. The van der Waals surface area contributed by atoms with Crippen molar-refractivity contribution in [1.82, 2.24) is 0 Å². The van der Waals surface area contributed by atoms with Crippen LogP contribution in [0.25, 0.3) is 0 Å². The van der Waals surface area contributed by atoms with Crippen molar-refractivity contribution >= 4 is 15.7 Å². The SMILES string of the molecule is NCCCS(=O)(=O)Nc1c(F)cc(F)cc1F. The number of nitrogens with one attached hydrogen (secondary N) is 1. The molecule has 17 heavy (non-hydrogen) atoms. The molecular formula is C9H11F3N2O2S. The lowest BCUT2D eigenvalue weighted by molar-refractivity contribution is 0.547. The molecule has 0 saturated heterocycles. The van der Waals surface area contributed by atoms with Crippen molar-refractivity contribution in [2.75, 3.05) is 17.0 Å². The summed E-state index contributed by atoms with van der Waals surface area (Å²) in [5.41, 5.74) is 4.23. The molecule has 0 aromatic heterocycles. The molecule has 0 aliphatic rings. The lowest BCUT2D eigenvalue weighted by Gasteiger charge is -2.09. The van der Waals surface area contributed by atoms with Gasteiger partial charge in [-0.05, 0) is 13.0 Å². The minimum absolute atomic E-state index is 0.134. The molecule has 1 aromatic rings. The van der Waals surface area contributed by atoms with E-state index in [-0.39, 0.29) is 18.7 Å². The number of nitrogens with two attached hydrogens (primary N) is 1. The first-order chi connectivity index (χ1) is 7.85. The van der Waals surface area contributed by atoms with E-state index in [0.29, 0.717) is 12.1 Å².